The summed E-state index contributed by atoms with van der Waals surface area (Å²) in [7, 11) is 0. The fourth-order valence-electron chi connectivity index (χ4n) is 2.98. The van der Waals surface area contributed by atoms with Gasteiger partial charge in [0.25, 0.3) is 0 Å². The predicted molar refractivity (Wildman–Crippen MR) is 102 cm³/mol. The van der Waals surface area contributed by atoms with Crippen LogP contribution < -0.4 is 0 Å². The van der Waals surface area contributed by atoms with Crippen molar-refractivity contribution in [2.75, 3.05) is 0 Å². The highest BCUT2D eigenvalue weighted by molar-refractivity contribution is 6.32. The molecule has 27 heavy (non-hydrogen) atoms. The second-order valence-corrected chi connectivity index (χ2v) is 8.04. The van der Waals surface area contributed by atoms with Crippen LogP contribution in [0.15, 0.2) is 34.6 Å². The van der Waals surface area contributed by atoms with Crippen molar-refractivity contribution in [1.82, 2.24) is 0 Å². The van der Waals surface area contributed by atoms with Gasteiger partial charge in [0.05, 0.1) is 0 Å². The van der Waals surface area contributed by atoms with Gasteiger partial charge < -0.3 is 15.3 Å². The molecule has 0 radical (unpaired) electrons. The largest absolute Gasteiger partial charge is 0.508 e. The summed E-state index contributed by atoms with van der Waals surface area (Å²) < 4.78 is 0. The first kappa shape index (κ1) is 23.0. The Kier molecular flexibility index (Phi) is 7.08. The maximum absolute atomic E-state index is 12.9. The molecule has 3 N–H and O–H groups in total. The molecule has 0 aromatic rings. The Balaban J connectivity index is 3.55. The molecule has 0 spiro atoms. The van der Waals surface area contributed by atoms with Crippen LogP contribution in [-0.4, -0.2) is 43.9 Å². The molecule has 0 aromatic heterocycles. The summed E-state index contributed by atoms with van der Waals surface area (Å²) in [6.07, 6.45) is 2.28. The highest BCUT2D eigenvalue weighted by Crippen LogP contribution is 2.44. The molecule has 2 atom stereocenters. The second-order valence-electron chi connectivity index (χ2n) is 8.04. The third kappa shape index (κ3) is 4.28. The summed E-state index contributed by atoms with van der Waals surface area (Å²) in [6.45, 7) is 10.5. The lowest BCUT2D eigenvalue weighted by molar-refractivity contribution is -0.171. The SMILES string of the molecule is CC(C)=CCC(=O)[C@]1(O)C(=O)C(C(=O)CC(C)C)=C(O)[C@@]1(O)CC=C(C)C. The lowest BCUT2D eigenvalue weighted by Gasteiger charge is -2.35. The van der Waals surface area contributed by atoms with Crippen molar-refractivity contribution in [3.63, 3.8) is 0 Å². The van der Waals surface area contributed by atoms with Crippen molar-refractivity contribution >= 4 is 17.3 Å². The number of hydrogen-bond acceptors (Lipinski definition) is 6. The smallest absolute Gasteiger partial charge is 0.223 e. The molecule has 0 saturated carbocycles. The fourth-order valence-corrected chi connectivity index (χ4v) is 2.98. The highest BCUT2D eigenvalue weighted by atomic mass is 16.4. The van der Waals surface area contributed by atoms with Gasteiger partial charge in [0.15, 0.2) is 17.2 Å². The minimum absolute atomic E-state index is 0.0535. The summed E-state index contributed by atoms with van der Waals surface area (Å²) in [4.78, 5) is 38.1. The number of allylic oxidation sites excluding steroid dienone is 3. The number of carbonyl (C=O) groups is 3. The Morgan fingerprint density at radius 2 is 1.56 bits per heavy atom. The first-order valence-electron chi connectivity index (χ1n) is 9.05. The lowest BCUT2D eigenvalue weighted by Crippen LogP contribution is -2.61. The van der Waals surface area contributed by atoms with Crippen molar-refractivity contribution in [1.29, 1.82) is 0 Å². The Morgan fingerprint density at radius 3 is 2.00 bits per heavy atom. The lowest BCUT2D eigenvalue weighted by atomic mass is 9.76. The van der Waals surface area contributed by atoms with Gasteiger partial charge in [-0.15, -0.1) is 0 Å². The average molecular weight is 378 g/mol. The van der Waals surface area contributed by atoms with Gasteiger partial charge in [0.1, 0.15) is 11.3 Å². The Labute approximate surface area is 160 Å². The van der Waals surface area contributed by atoms with E-state index >= 15 is 0 Å². The number of aliphatic hydroxyl groups excluding tert-OH is 1. The van der Waals surface area contributed by atoms with Crippen LogP contribution >= 0.6 is 0 Å². The van der Waals surface area contributed by atoms with E-state index in [1.807, 2.05) is 0 Å². The third-order valence-electron chi connectivity index (χ3n) is 4.56. The number of ketones is 3. The Hall–Kier alpha value is -2.05. The van der Waals surface area contributed by atoms with Gasteiger partial charge in [-0.25, -0.2) is 0 Å². The molecule has 0 amide bonds. The second kappa shape index (κ2) is 8.31. The first-order chi connectivity index (χ1) is 12.3. The average Bonchev–Trinajstić information content (AvgIpc) is 2.69. The van der Waals surface area contributed by atoms with Gasteiger partial charge >= 0.3 is 0 Å². The molecule has 1 rings (SSSR count). The van der Waals surface area contributed by atoms with Gasteiger partial charge in [-0.05, 0) is 33.6 Å². The summed E-state index contributed by atoms with van der Waals surface area (Å²) >= 11 is 0. The minimum Gasteiger partial charge on any atom is -0.508 e. The molecular weight excluding hydrogens is 348 g/mol. The normalized spacial score (nSPS) is 25.0. The highest BCUT2D eigenvalue weighted by Gasteiger charge is 2.68. The molecule has 0 bridgehead atoms. The van der Waals surface area contributed by atoms with E-state index in [0.717, 1.165) is 11.1 Å². The molecule has 0 fully saturated rings. The van der Waals surface area contributed by atoms with E-state index in [4.69, 9.17) is 0 Å². The summed E-state index contributed by atoms with van der Waals surface area (Å²) in [5.74, 6) is -3.93. The molecule has 0 heterocycles. The van der Waals surface area contributed by atoms with Crippen LogP contribution in [0.5, 0.6) is 0 Å². The maximum Gasteiger partial charge on any atom is 0.223 e. The zero-order chi connectivity index (χ0) is 21.2. The monoisotopic (exact) mass is 378 g/mol. The van der Waals surface area contributed by atoms with Crippen LogP contribution in [0.2, 0.25) is 0 Å². The number of hydrogen-bond donors (Lipinski definition) is 3. The number of rotatable bonds is 8. The van der Waals surface area contributed by atoms with E-state index in [0.29, 0.717) is 0 Å². The van der Waals surface area contributed by atoms with E-state index < -0.39 is 39.9 Å². The standard InChI is InChI=1S/C21H30O6/c1-12(2)7-8-16(23)21(27)19(25)17(15(22)11-14(5)6)18(24)20(21,26)10-9-13(3)4/h7,9,14,24,26-27H,8,10-11H2,1-6H3/t20-,21-/m0/s1. The van der Waals surface area contributed by atoms with Gasteiger partial charge in [-0.3, -0.25) is 14.4 Å². The number of carbonyl (C=O) groups excluding carboxylic acids is 3. The van der Waals surface area contributed by atoms with E-state index in [1.165, 1.54) is 12.2 Å². The van der Waals surface area contributed by atoms with Gasteiger partial charge in [0, 0.05) is 19.3 Å². The molecule has 6 heteroatoms. The zero-order valence-corrected chi connectivity index (χ0v) is 16.9. The molecule has 0 saturated heterocycles. The fraction of sp³-hybridized carbons (Fsp3) is 0.571. The van der Waals surface area contributed by atoms with Crippen molar-refractivity contribution in [3.8, 4) is 0 Å². The van der Waals surface area contributed by atoms with Gasteiger partial charge in [0.2, 0.25) is 11.4 Å². The van der Waals surface area contributed by atoms with Gasteiger partial charge in [-0.1, -0.05) is 37.1 Å². The summed E-state index contributed by atoms with van der Waals surface area (Å²) in [6, 6.07) is 0. The molecule has 1 aliphatic rings. The quantitative estimate of drug-likeness (QED) is 0.340. The number of Topliss-reactive ketones (excluding diaryl/α,β-unsaturated/α-hetero) is 3. The van der Waals surface area contributed by atoms with Crippen LogP contribution in [-0.2, 0) is 14.4 Å². The van der Waals surface area contributed by atoms with Gasteiger partial charge in [-0.2, -0.15) is 0 Å². The van der Waals surface area contributed by atoms with Crippen LogP contribution in [0.4, 0.5) is 0 Å². The molecule has 1 aliphatic carbocycles. The number of aliphatic hydroxyl groups is 3. The zero-order valence-electron chi connectivity index (χ0n) is 16.9. The molecule has 0 unspecified atom stereocenters. The molecular formula is C21H30O6. The molecule has 0 aliphatic heterocycles. The van der Waals surface area contributed by atoms with Crippen molar-refractivity contribution in [3.05, 3.63) is 34.6 Å². The topological polar surface area (TPSA) is 112 Å². The Bertz CT molecular complexity index is 732. The van der Waals surface area contributed by atoms with Crippen molar-refractivity contribution in [2.45, 2.75) is 72.0 Å². The molecule has 6 nitrogen and oxygen atoms in total. The predicted octanol–water partition coefficient (Wildman–Crippen LogP) is 2.74. The third-order valence-corrected chi connectivity index (χ3v) is 4.56. The minimum atomic E-state index is -2.91. The van der Waals surface area contributed by atoms with Crippen molar-refractivity contribution in [2.24, 2.45) is 5.92 Å². The van der Waals surface area contributed by atoms with Crippen molar-refractivity contribution < 1.29 is 29.7 Å². The van der Waals surface area contributed by atoms with Crippen LogP contribution in [0, 0.1) is 5.92 Å². The summed E-state index contributed by atoms with van der Waals surface area (Å²) in [5, 5.41) is 32.7. The van der Waals surface area contributed by atoms with E-state index in [-0.39, 0.29) is 25.2 Å². The van der Waals surface area contributed by atoms with E-state index in [2.05, 4.69) is 0 Å². The summed E-state index contributed by atoms with van der Waals surface area (Å²) in [5.41, 5.74) is -4.61. The Morgan fingerprint density at radius 1 is 1.04 bits per heavy atom. The van der Waals surface area contributed by atoms with E-state index in [9.17, 15) is 29.7 Å². The molecule has 150 valence electrons. The van der Waals surface area contributed by atoms with E-state index in [1.54, 1.807) is 41.5 Å². The van der Waals surface area contributed by atoms with Crippen LogP contribution in [0.3, 0.4) is 0 Å². The van der Waals surface area contributed by atoms with Crippen LogP contribution in [0.1, 0.15) is 60.8 Å². The maximum atomic E-state index is 12.9. The first-order valence-corrected chi connectivity index (χ1v) is 9.05. The molecule has 0 aromatic carbocycles. The van der Waals surface area contributed by atoms with Crippen LogP contribution in [0.25, 0.3) is 0 Å².